The van der Waals surface area contributed by atoms with E-state index in [1.807, 2.05) is 19.9 Å². The van der Waals surface area contributed by atoms with Gasteiger partial charge in [-0.2, -0.15) is 13.2 Å². The number of fused-ring (bicyclic) bond motifs is 1. The molecule has 0 bridgehead atoms. The van der Waals surface area contributed by atoms with Crippen LogP contribution in [0, 0.1) is 5.82 Å². The van der Waals surface area contributed by atoms with Gasteiger partial charge >= 0.3 is 6.18 Å². The fraction of sp³-hybridized carbons (Fsp3) is 0.316. The number of rotatable bonds is 4. The molecular weight excluding hydrogens is 366 g/mol. The number of anilines is 1. The van der Waals surface area contributed by atoms with Gasteiger partial charge in [-0.1, -0.05) is 12.1 Å². The van der Waals surface area contributed by atoms with Crippen molar-refractivity contribution in [3.8, 4) is 11.5 Å². The number of alkyl halides is 3. The highest BCUT2D eigenvalue weighted by Gasteiger charge is 2.34. The molecule has 0 saturated heterocycles. The number of carbonyl (C=O) groups is 1. The fourth-order valence-electron chi connectivity index (χ4n) is 2.86. The van der Waals surface area contributed by atoms with E-state index in [9.17, 15) is 22.4 Å². The highest BCUT2D eigenvalue weighted by atomic mass is 19.4. The maximum Gasteiger partial charge on any atom is 0.419 e. The van der Waals surface area contributed by atoms with E-state index >= 15 is 0 Å². The molecule has 27 heavy (non-hydrogen) atoms. The van der Waals surface area contributed by atoms with Gasteiger partial charge in [0.1, 0.15) is 11.4 Å². The molecule has 3 rings (SSSR count). The number of hydrogen-bond acceptors (Lipinski definition) is 3. The molecule has 0 aromatic heterocycles. The number of benzene rings is 2. The zero-order chi connectivity index (χ0) is 19.8. The summed E-state index contributed by atoms with van der Waals surface area (Å²) in [6.45, 7) is 3.42. The first-order chi connectivity index (χ1) is 12.5. The zero-order valence-corrected chi connectivity index (χ0v) is 14.6. The molecule has 2 aromatic carbocycles. The van der Waals surface area contributed by atoms with Crippen molar-refractivity contribution in [3.63, 3.8) is 0 Å². The summed E-state index contributed by atoms with van der Waals surface area (Å²) >= 11 is 0. The van der Waals surface area contributed by atoms with E-state index in [0.29, 0.717) is 30.1 Å². The van der Waals surface area contributed by atoms with Crippen LogP contribution in [0.1, 0.15) is 25.0 Å². The van der Waals surface area contributed by atoms with Gasteiger partial charge in [0.15, 0.2) is 18.1 Å². The van der Waals surface area contributed by atoms with Crippen molar-refractivity contribution in [1.29, 1.82) is 0 Å². The Morgan fingerprint density at radius 1 is 1.26 bits per heavy atom. The van der Waals surface area contributed by atoms with Crippen LogP contribution in [0.3, 0.4) is 0 Å². The van der Waals surface area contributed by atoms with E-state index in [2.05, 4.69) is 5.32 Å². The molecule has 0 atom stereocenters. The Balaban J connectivity index is 1.66. The molecule has 1 N–H and O–H groups in total. The lowest BCUT2D eigenvalue weighted by Crippen LogP contribution is -2.25. The monoisotopic (exact) mass is 383 g/mol. The van der Waals surface area contributed by atoms with Crippen molar-refractivity contribution in [3.05, 3.63) is 53.3 Å². The first-order valence-electron chi connectivity index (χ1n) is 8.15. The average molecular weight is 383 g/mol. The molecule has 0 aliphatic carbocycles. The van der Waals surface area contributed by atoms with E-state index in [1.165, 1.54) is 0 Å². The third-order valence-corrected chi connectivity index (χ3v) is 3.97. The maximum atomic E-state index is 13.3. The summed E-state index contributed by atoms with van der Waals surface area (Å²) in [5.41, 5.74) is -1.05. The molecule has 0 spiro atoms. The lowest BCUT2D eigenvalue weighted by Gasteiger charge is -2.18. The van der Waals surface area contributed by atoms with Gasteiger partial charge in [-0.15, -0.1) is 0 Å². The zero-order valence-electron chi connectivity index (χ0n) is 14.6. The van der Waals surface area contributed by atoms with Crippen LogP contribution in [-0.2, 0) is 17.4 Å². The molecule has 1 aliphatic rings. The number of ether oxygens (including phenoxy) is 2. The van der Waals surface area contributed by atoms with Crippen LogP contribution in [0.25, 0.3) is 0 Å². The molecule has 1 aliphatic heterocycles. The summed E-state index contributed by atoms with van der Waals surface area (Å²) in [6, 6.07) is 7.56. The van der Waals surface area contributed by atoms with Gasteiger partial charge in [-0.05, 0) is 38.1 Å². The van der Waals surface area contributed by atoms with Crippen molar-refractivity contribution in [1.82, 2.24) is 0 Å². The quantitative estimate of drug-likeness (QED) is 0.787. The molecule has 2 aromatic rings. The number of para-hydroxylation sites is 1. The summed E-state index contributed by atoms with van der Waals surface area (Å²) in [5, 5.41) is 2.26. The van der Waals surface area contributed by atoms with Gasteiger partial charge in [0.25, 0.3) is 5.91 Å². The second-order valence-corrected chi connectivity index (χ2v) is 6.81. The van der Waals surface area contributed by atoms with E-state index < -0.39 is 30.1 Å². The van der Waals surface area contributed by atoms with Crippen molar-refractivity contribution in [2.45, 2.75) is 32.0 Å². The van der Waals surface area contributed by atoms with Crippen molar-refractivity contribution in [2.24, 2.45) is 0 Å². The molecule has 0 fully saturated rings. The molecule has 1 amide bonds. The predicted molar refractivity (Wildman–Crippen MR) is 90.4 cm³/mol. The van der Waals surface area contributed by atoms with E-state index in [0.717, 1.165) is 11.6 Å². The van der Waals surface area contributed by atoms with E-state index in [-0.39, 0.29) is 11.3 Å². The second-order valence-electron chi connectivity index (χ2n) is 6.81. The van der Waals surface area contributed by atoms with Crippen LogP contribution in [0.15, 0.2) is 36.4 Å². The number of carbonyl (C=O) groups excluding carboxylic acids is 1. The highest BCUT2D eigenvalue weighted by molar-refractivity contribution is 5.92. The topological polar surface area (TPSA) is 47.6 Å². The summed E-state index contributed by atoms with van der Waals surface area (Å²) in [4.78, 5) is 12.0. The molecule has 0 unspecified atom stereocenters. The Bertz CT molecular complexity index is 878. The number of amides is 1. The second kappa shape index (κ2) is 6.75. The van der Waals surface area contributed by atoms with Gasteiger partial charge in [0.05, 0.1) is 5.56 Å². The van der Waals surface area contributed by atoms with Crippen molar-refractivity contribution >= 4 is 11.6 Å². The minimum Gasteiger partial charge on any atom is -0.483 e. The summed E-state index contributed by atoms with van der Waals surface area (Å²) in [5.74, 6) is -1.15. The third-order valence-electron chi connectivity index (χ3n) is 3.97. The lowest BCUT2D eigenvalue weighted by molar-refractivity contribution is -0.140. The number of nitrogens with one attached hydrogen (secondary N) is 1. The maximum absolute atomic E-state index is 13.3. The summed E-state index contributed by atoms with van der Waals surface area (Å²) in [7, 11) is 0. The third kappa shape index (κ3) is 4.32. The Morgan fingerprint density at radius 3 is 2.70 bits per heavy atom. The molecule has 144 valence electrons. The van der Waals surface area contributed by atoms with Crippen LogP contribution in [0.4, 0.5) is 23.2 Å². The molecule has 8 heteroatoms. The Morgan fingerprint density at radius 2 is 2.00 bits per heavy atom. The summed E-state index contributed by atoms with van der Waals surface area (Å²) < 4.78 is 62.8. The first kappa shape index (κ1) is 19.0. The van der Waals surface area contributed by atoms with Crippen LogP contribution in [0.5, 0.6) is 11.5 Å². The van der Waals surface area contributed by atoms with Gasteiger partial charge in [0.2, 0.25) is 0 Å². The average Bonchev–Trinajstić information content (AvgIpc) is 2.88. The fourth-order valence-corrected chi connectivity index (χ4v) is 2.86. The van der Waals surface area contributed by atoms with Gasteiger partial charge in [0, 0.05) is 17.7 Å². The Labute approximate surface area is 153 Å². The molecule has 0 radical (unpaired) electrons. The van der Waals surface area contributed by atoms with Crippen LogP contribution < -0.4 is 14.8 Å². The lowest BCUT2D eigenvalue weighted by atomic mass is 10.0. The minimum absolute atomic E-state index is 0.173. The largest absolute Gasteiger partial charge is 0.483 e. The van der Waals surface area contributed by atoms with Crippen LogP contribution >= 0.6 is 0 Å². The van der Waals surface area contributed by atoms with E-state index in [1.54, 1.807) is 12.1 Å². The Kier molecular flexibility index (Phi) is 4.75. The molecule has 4 nitrogen and oxygen atoms in total. The predicted octanol–water partition coefficient (Wildman–Crippen LogP) is 4.58. The molecule has 1 heterocycles. The minimum atomic E-state index is -4.85. The van der Waals surface area contributed by atoms with Gasteiger partial charge in [-0.25, -0.2) is 4.39 Å². The highest BCUT2D eigenvalue weighted by Crippen LogP contribution is 2.41. The van der Waals surface area contributed by atoms with E-state index in [4.69, 9.17) is 9.47 Å². The van der Waals surface area contributed by atoms with Crippen LogP contribution in [0.2, 0.25) is 0 Å². The van der Waals surface area contributed by atoms with Gasteiger partial charge < -0.3 is 14.8 Å². The summed E-state index contributed by atoms with van der Waals surface area (Å²) in [6.07, 6.45) is -4.16. The van der Waals surface area contributed by atoms with Crippen LogP contribution in [-0.4, -0.2) is 18.1 Å². The van der Waals surface area contributed by atoms with Crippen molar-refractivity contribution < 1.29 is 31.8 Å². The molecular formula is C19H17F4NO3. The Hall–Kier alpha value is -2.77. The first-order valence-corrected chi connectivity index (χ1v) is 8.15. The normalized spacial score (nSPS) is 15.0. The number of hydrogen-bond donors (Lipinski definition) is 1. The van der Waals surface area contributed by atoms with Crippen molar-refractivity contribution in [2.75, 3.05) is 11.9 Å². The standard InChI is InChI=1S/C19H17F4NO3/c1-18(2)9-11-4-3-5-15(17(11)27-18)26-10-16(25)24-12-6-7-14(20)13(8-12)19(21,22)23/h3-8H,9-10H2,1-2H3,(H,24,25). The SMILES string of the molecule is CC1(C)Cc2cccc(OCC(=O)Nc3ccc(F)c(C(F)(F)F)c3)c2O1. The van der Waals surface area contributed by atoms with Gasteiger partial charge in [-0.3, -0.25) is 4.79 Å². The molecule has 0 saturated carbocycles. The number of halogens is 4. The smallest absolute Gasteiger partial charge is 0.419 e.